The smallest absolute Gasteiger partial charge is 0.408 e. The first-order valence-corrected chi connectivity index (χ1v) is 13.5. The number of rotatable bonds is 10. The lowest BCUT2D eigenvalue weighted by Crippen LogP contribution is -2.51. The van der Waals surface area contributed by atoms with Crippen LogP contribution in [0.15, 0.2) is 36.4 Å². The molecule has 2 aromatic carbocycles. The topological polar surface area (TPSA) is 87.7 Å². The van der Waals surface area contributed by atoms with Gasteiger partial charge in [-0.15, -0.1) is 0 Å². The van der Waals surface area contributed by atoms with Crippen LogP contribution in [0.2, 0.25) is 0 Å². The predicted octanol–water partition coefficient (Wildman–Crippen LogP) is 6.53. The van der Waals surface area contributed by atoms with E-state index < -0.39 is 23.8 Å². The molecular formula is C31H45N3O4. The van der Waals surface area contributed by atoms with Gasteiger partial charge in [-0.1, -0.05) is 61.7 Å². The largest absolute Gasteiger partial charge is 0.444 e. The number of anilines is 1. The summed E-state index contributed by atoms with van der Waals surface area (Å²) in [7, 11) is 0. The Hall–Kier alpha value is -3.35. The van der Waals surface area contributed by atoms with E-state index in [0.29, 0.717) is 6.54 Å². The molecule has 2 unspecified atom stereocenters. The Balaban J connectivity index is 2.53. The van der Waals surface area contributed by atoms with Crippen LogP contribution in [0.4, 0.5) is 10.5 Å². The van der Waals surface area contributed by atoms with Gasteiger partial charge in [-0.05, 0) is 84.1 Å². The van der Waals surface area contributed by atoms with Crippen LogP contribution < -0.4 is 10.6 Å². The van der Waals surface area contributed by atoms with E-state index in [4.69, 9.17) is 4.74 Å². The van der Waals surface area contributed by atoms with E-state index in [1.54, 1.807) is 32.6 Å². The van der Waals surface area contributed by atoms with Crippen molar-refractivity contribution in [1.29, 1.82) is 0 Å². The molecule has 0 saturated heterocycles. The number of ether oxygens (including phenoxy) is 1. The number of unbranched alkanes of at least 4 members (excludes halogenated alkanes) is 2. The monoisotopic (exact) mass is 523 g/mol. The molecule has 7 nitrogen and oxygen atoms in total. The summed E-state index contributed by atoms with van der Waals surface area (Å²) in [6, 6.07) is 10.00. The van der Waals surface area contributed by atoms with Gasteiger partial charge in [0.15, 0.2) is 0 Å². The van der Waals surface area contributed by atoms with Gasteiger partial charge < -0.3 is 20.3 Å². The summed E-state index contributed by atoms with van der Waals surface area (Å²) in [6.07, 6.45) is 1.95. The lowest BCUT2D eigenvalue weighted by Gasteiger charge is -2.34. The number of benzene rings is 2. The fourth-order valence-corrected chi connectivity index (χ4v) is 4.48. The van der Waals surface area contributed by atoms with Gasteiger partial charge in [0.05, 0.1) is 0 Å². The molecule has 0 aliphatic carbocycles. The van der Waals surface area contributed by atoms with Crippen LogP contribution in [0.3, 0.4) is 0 Å². The number of amides is 3. The van der Waals surface area contributed by atoms with Crippen molar-refractivity contribution < 1.29 is 19.1 Å². The number of carbonyl (C=O) groups is 3. The van der Waals surface area contributed by atoms with Gasteiger partial charge in [0, 0.05) is 12.2 Å². The lowest BCUT2D eigenvalue weighted by molar-refractivity contribution is -0.140. The number of hydrogen-bond acceptors (Lipinski definition) is 4. The number of para-hydroxylation sites is 1. The summed E-state index contributed by atoms with van der Waals surface area (Å²) in [4.78, 5) is 42.0. The maximum Gasteiger partial charge on any atom is 0.408 e. The Bertz CT molecular complexity index is 1120. The molecule has 0 bridgehead atoms. The molecule has 2 N–H and O–H groups in total. The predicted molar refractivity (Wildman–Crippen MR) is 153 cm³/mol. The zero-order valence-electron chi connectivity index (χ0n) is 24.5. The fraction of sp³-hybridized carbons (Fsp3) is 0.516. The summed E-state index contributed by atoms with van der Waals surface area (Å²) >= 11 is 0. The number of nitrogens with zero attached hydrogens (tertiary/aromatic N) is 1. The highest BCUT2D eigenvalue weighted by atomic mass is 16.6. The number of nitrogens with one attached hydrogen (secondary N) is 2. The second kappa shape index (κ2) is 13.4. The number of hydrogen-bond donors (Lipinski definition) is 2. The Kier molecular flexibility index (Phi) is 10.9. The third-order valence-electron chi connectivity index (χ3n) is 6.40. The number of carbonyl (C=O) groups excluding carboxylic acids is 3. The number of aryl methyl sites for hydroxylation is 4. The lowest BCUT2D eigenvalue weighted by atomic mass is 9.96. The Labute approximate surface area is 228 Å². The van der Waals surface area contributed by atoms with Gasteiger partial charge in [-0.2, -0.15) is 0 Å². The summed E-state index contributed by atoms with van der Waals surface area (Å²) in [5.41, 5.74) is 4.70. The molecule has 0 fully saturated rings. The molecule has 38 heavy (non-hydrogen) atoms. The van der Waals surface area contributed by atoms with Crippen molar-refractivity contribution in [2.45, 2.75) is 99.3 Å². The first-order valence-electron chi connectivity index (χ1n) is 13.5. The molecule has 0 heterocycles. The van der Waals surface area contributed by atoms with Crippen LogP contribution in [0.5, 0.6) is 0 Å². The minimum Gasteiger partial charge on any atom is -0.444 e. The van der Waals surface area contributed by atoms with E-state index in [2.05, 4.69) is 17.6 Å². The zero-order chi connectivity index (χ0) is 28.6. The normalized spacial score (nSPS) is 12.9. The fourth-order valence-electron chi connectivity index (χ4n) is 4.48. The van der Waals surface area contributed by atoms with Crippen molar-refractivity contribution >= 4 is 23.6 Å². The van der Waals surface area contributed by atoms with Crippen molar-refractivity contribution in [2.75, 3.05) is 11.9 Å². The molecule has 208 valence electrons. The van der Waals surface area contributed by atoms with Crippen molar-refractivity contribution in [1.82, 2.24) is 10.2 Å². The quantitative estimate of drug-likeness (QED) is 0.347. The first-order chi connectivity index (χ1) is 17.7. The van der Waals surface area contributed by atoms with Gasteiger partial charge in [-0.3, -0.25) is 9.59 Å². The van der Waals surface area contributed by atoms with E-state index >= 15 is 0 Å². The molecule has 2 atom stereocenters. The molecule has 2 aromatic rings. The SMILES string of the molecule is CCCCCN(C(=O)C(C)NC(=O)OC(C)(C)C)C(C(=O)Nc1c(C)cccc1C)c1ccc(C)cc1C. The molecule has 0 aliphatic rings. The summed E-state index contributed by atoms with van der Waals surface area (Å²) in [5.74, 6) is -0.628. The summed E-state index contributed by atoms with van der Waals surface area (Å²) in [6.45, 7) is 17.3. The minimum absolute atomic E-state index is 0.288. The number of alkyl carbamates (subject to hydrolysis) is 1. The standard InChI is InChI=1S/C31H45N3O4/c1-10-11-12-18-34(29(36)24(6)32-30(37)38-31(7,8)9)27(25-17-16-20(2)19-23(25)5)28(35)33-26-21(3)14-13-15-22(26)4/h13-17,19,24,27H,10-12,18H2,1-9H3,(H,32,37)(H,33,35). The van der Waals surface area contributed by atoms with Gasteiger partial charge in [-0.25, -0.2) is 4.79 Å². The maximum absolute atomic E-state index is 14.0. The van der Waals surface area contributed by atoms with Crippen LogP contribution in [0.25, 0.3) is 0 Å². The molecule has 0 aliphatic heterocycles. The van der Waals surface area contributed by atoms with Crippen LogP contribution in [0.1, 0.15) is 87.7 Å². The average Bonchev–Trinajstić information content (AvgIpc) is 2.80. The van der Waals surface area contributed by atoms with Crippen LogP contribution in [0, 0.1) is 27.7 Å². The third kappa shape index (κ3) is 8.61. The van der Waals surface area contributed by atoms with Crippen LogP contribution in [-0.2, 0) is 14.3 Å². The van der Waals surface area contributed by atoms with Crippen molar-refractivity contribution in [3.8, 4) is 0 Å². The molecule has 0 radical (unpaired) electrons. The summed E-state index contributed by atoms with van der Waals surface area (Å²) in [5, 5.41) is 5.77. The van der Waals surface area contributed by atoms with E-state index in [1.165, 1.54) is 0 Å². The van der Waals surface area contributed by atoms with Crippen molar-refractivity contribution in [3.05, 3.63) is 64.2 Å². The zero-order valence-corrected chi connectivity index (χ0v) is 24.5. The van der Waals surface area contributed by atoms with Gasteiger partial charge >= 0.3 is 6.09 Å². The van der Waals surface area contributed by atoms with Gasteiger partial charge in [0.25, 0.3) is 5.91 Å². The molecule has 0 saturated carbocycles. The molecule has 7 heteroatoms. The molecule has 0 spiro atoms. The second-order valence-corrected chi connectivity index (χ2v) is 11.1. The van der Waals surface area contributed by atoms with E-state index in [9.17, 15) is 14.4 Å². The average molecular weight is 524 g/mol. The van der Waals surface area contributed by atoms with Gasteiger partial charge in [0.1, 0.15) is 17.7 Å². The third-order valence-corrected chi connectivity index (χ3v) is 6.40. The van der Waals surface area contributed by atoms with Gasteiger partial charge in [0.2, 0.25) is 5.91 Å². The highest BCUT2D eigenvalue weighted by molar-refractivity contribution is 6.00. The van der Waals surface area contributed by atoms with E-state index in [1.807, 2.05) is 64.1 Å². The van der Waals surface area contributed by atoms with Crippen LogP contribution >= 0.6 is 0 Å². The summed E-state index contributed by atoms with van der Waals surface area (Å²) < 4.78 is 5.37. The Morgan fingerprint density at radius 1 is 0.947 bits per heavy atom. The van der Waals surface area contributed by atoms with Crippen molar-refractivity contribution in [2.24, 2.45) is 0 Å². The van der Waals surface area contributed by atoms with Crippen molar-refractivity contribution in [3.63, 3.8) is 0 Å². The molecule has 3 amide bonds. The highest BCUT2D eigenvalue weighted by Crippen LogP contribution is 2.29. The Morgan fingerprint density at radius 3 is 2.13 bits per heavy atom. The second-order valence-electron chi connectivity index (χ2n) is 11.1. The Morgan fingerprint density at radius 2 is 1.58 bits per heavy atom. The van der Waals surface area contributed by atoms with E-state index in [-0.39, 0.29) is 11.8 Å². The maximum atomic E-state index is 14.0. The van der Waals surface area contributed by atoms with E-state index in [0.717, 1.165) is 52.8 Å². The molecular weight excluding hydrogens is 478 g/mol. The highest BCUT2D eigenvalue weighted by Gasteiger charge is 2.35. The molecule has 0 aromatic heterocycles. The minimum atomic E-state index is -0.882. The van der Waals surface area contributed by atoms with Crippen LogP contribution in [-0.4, -0.2) is 41.0 Å². The molecule has 2 rings (SSSR count). The first kappa shape index (κ1) is 30.9.